The lowest BCUT2D eigenvalue weighted by Crippen LogP contribution is -2.49. The molecule has 2 aliphatic heterocycles. The van der Waals surface area contributed by atoms with Gasteiger partial charge in [0.2, 0.25) is 0 Å². The predicted molar refractivity (Wildman–Crippen MR) is 68.0 cm³/mol. The molecule has 114 valence electrons. The number of carbonyl (C=O) groups excluding carboxylic acids is 2. The summed E-state index contributed by atoms with van der Waals surface area (Å²) in [7, 11) is 0. The molecule has 2 rings (SSSR count). The highest BCUT2D eigenvalue weighted by atomic mass is 16.7. The average Bonchev–Trinajstić information content (AvgIpc) is 3.00. The summed E-state index contributed by atoms with van der Waals surface area (Å²) in [4.78, 5) is 25.2. The van der Waals surface area contributed by atoms with Gasteiger partial charge in [0.25, 0.3) is 0 Å². The Morgan fingerprint density at radius 1 is 1.20 bits per heavy atom. The van der Waals surface area contributed by atoms with Gasteiger partial charge in [-0.05, 0) is 13.8 Å². The van der Waals surface area contributed by atoms with Gasteiger partial charge in [0.05, 0.1) is 38.9 Å². The highest BCUT2D eigenvalue weighted by Gasteiger charge is 2.54. The number of amides is 1. The van der Waals surface area contributed by atoms with Gasteiger partial charge in [-0.2, -0.15) is 0 Å². The molecule has 0 saturated carbocycles. The molecule has 2 saturated heterocycles. The van der Waals surface area contributed by atoms with Crippen molar-refractivity contribution in [3.05, 3.63) is 0 Å². The maximum atomic E-state index is 12.0. The molecule has 2 fully saturated rings. The first-order valence-electron chi connectivity index (χ1n) is 7.00. The molecule has 0 aliphatic carbocycles. The van der Waals surface area contributed by atoms with Crippen molar-refractivity contribution in [2.24, 2.45) is 0 Å². The van der Waals surface area contributed by atoms with E-state index in [4.69, 9.17) is 18.9 Å². The quantitative estimate of drug-likeness (QED) is 0.716. The van der Waals surface area contributed by atoms with E-state index in [0.29, 0.717) is 32.8 Å². The Balaban J connectivity index is 2.11. The molecule has 20 heavy (non-hydrogen) atoms. The largest absolute Gasteiger partial charge is 0.466 e. The van der Waals surface area contributed by atoms with Crippen molar-refractivity contribution < 1.29 is 28.5 Å². The van der Waals surface area contributed by atoms with Crippen LogP contribution in [0.1, 0.15) is 26.7 Å². The van der Waals surface area contributed by atoms with Crippen LogP contribution in [0.25, 0.3) is 0 Å². The van der Waals surface area contributed by atoms with Crippen LogP contribution >= 0.6 is 0 Å². The first-order valence-corrected chi connectivity index (χ1v) is 7.00. The molecular weight excluding hydrogens is 266 g/mol. The van der Waals surface area contributed by atoms with Gasteiger partial charge in [-0.3, -0.25) is 9.69 Å². The van der Waals surface area contributed by atoms with Crippen LogP contribution < -0.4 is 0 Å². The fraction of sp³-hybridized carbons (Fsp3) is 0.846. The predicted octanol–water partition coefficient (Wildman–Crippen LogP) is 0.914. The third-order valence-corrected chi connectivity index (χ3v) is 3.53. The van der Waals surface area contributed by atoms with Crippen LogP contribution in [-0.4, -0.2) is 61.8 Å². The highest BCUT2D eigenvalue weighted by molar-refractivity contribution is 5.73. The van der Waals surface area contributed by atoms with E-state index in [2.05, 4.69) is 0 Å². The Labute approximate surface area is 118 Å². The van der Waals surface area contributed by atoms with Crippen LogP contribution in [0.3, 0.4) is 0 Å². The number of carbonyl (C=O) groups is 2. The van der Waals surface area contributed by atoms with Crippen molar-refractivity contribution in [2.45, 2.75) is 38.5 Å². The third kappa shape index (κ3) is 2.88. The maximum absolute atomic E-state index is 12.0. The molecule has 7 nitrogen and oxygen atoms in total. The maximum Gasteiger partial charge on any atom is 0.410 e. The second kappa shape index (κ2) is 6.41. The van der Waals surface area contributed by atoms with Crippen molar-refractivity contribution in [3.63, 3.8) is 0 Å². The fourth-order valence-corrected chi connectivity index (χ4v) is 2.71. The van der Waals surface area contributed by atoms with E-state index in [0.717, 1.165) is 0 Å². The molecule has 2 heterocycles. The summed E-state index contributed by atoms with van der Waals surface area (Å²) in [5.74, 6) is -1.26. The molecule has 7 heteroatoms. The summed E-state index contributed by atoms with van der Waals surface area (Å²) in [5.41, 5.74) is 0. The molecule has 0 radical (unpaired) electrons. The van der Waals surface area contributed by atoms with Crippen LogP contribution in [0.5, 0.6) is 0 Å². The summed E-state index contributed by atoms with van der Waals surface area (Å²) in [5, 5.41) is 0. The van der Waals surface area contributed by atoms with E-state index in [1.807, 2.05) is 0 Å². The average molecular weight is 287 g/mol. The van der Waals surface area contributed by atoms with Crippen LogP contribution in [0, 0.1) is 0 Å². The Morgan fingerprint density at radius 2 is 1.85 bits per heavy atom. The molecule has 0 bridgehead atoms. The lowest BCUT2D eigenvalue weighted by Gasteiger charge is -2.32. The van der Waals surface area contributed by atoms with Gasteiger partial charge in [0, 0.05) is 13.0 Å². The smallest absolute Gasteiger partial charge is 0.410 e. The Hall–Kier alpha value is -1.34. The number of likely N-dealkylation sites (tertiary alicyclic amines) is 1. The number of hydrogen-bond acceptors (Lipinski definition) is 6. The zero-order valence-electron chi connectivity index (χ0n) is 11.9. The number of ether oxygens (including phenoxy) is 4. The van der Waals surface area contributed by atoms with Crippen LogP contribution in [0.2, 0.25) is 0 Å². The van der Waals surface area contributed by atoms with Crippen molar-refractivity contribution in [2.75, 3.05) is 33.0 Å². The number of rotatable bonds is 4. The van der Waals surface area contributed by atoms with Gasteiger partial charge in [0.1, 0.15) is 0 Å². The zero-order valence-corrected chi connectivity index (χ0v) is 11.9. The van der Waals surface area contributed by atoms with Crippen molar-refractivity contribution >= 4 is 12.1 Å². The molecule has 0 aromatic rings. The monoisotopic (exact) mass is 287 g/mol. The molecule has 1 unspecified atom stereocenters. The Morgan fingerprint density at radius 3 is 2.45 bits per heavy atom. The van der Waals surface area contributed by atoms with E-state index in [9.17, 15) is 9.59 Å². The minimum absolute atomic E-state index is 0.0483. The lowest BCUT2D eigenvalue weighted by atomic mass is 10.0. The fourth-order valence-electron chi connectivity index (χ4n) is 2.71. The van der Waals surface area contributed by atoms with E-state index >= 15 is 0 Å². The minimum atomic E-state index is -0.889. The van der Waals surface area contributed by atoms with Crippen molar-refractivity contribution in [3.8, 4) is 0 Å². The van der Waals surface area contributed by atoms with Gasteiger partial charge >= 0.3 is 12.1 Å². The summed E-state index contributed by atoms with van der Waals surface area (Å²) in [6.45, 7) is 5.46. The number of hydrogen-bond donors (Lipinski definition) is 0. The molecule has 0 aromatic heterocycles. The van der Waals surface area contributed by atoms with E-state index < -0.39 is 17.9 Å². The van der Waals surface area contributed by atoms with Gasteiger partial charge in [-0.25, -0.2) is 4.79 Å². The topological polar surface area (TPSA) is 74.3 Å². The SMILES string of the molecule is CCOC(=O)CC1N(C(=O)OCC)CCC12OCCO2. The second-order valence-electron chi connectivity index (χ2n) is 4.68. The highest BCUT2D eigenvalue weighted by Crippen LogP contribution is 2.38. The standard InChI is InChI=1S/C13H21NO6/c1-3-17-11(15)9-10-13(19-7-8-20-13)5-6-14(10)12(16)18-4-2/h10H,3-9H2,1-2H3. The van der Waals surface area contributed by atoms with Gasteiger partial charge in [0.15, 0.2) is 5.79 Å². The molecule has 0 N–H and O–H groups in total. The molecule has 1 atom stereocenters. The second-order valence-corrected chi connectivity index (χ2v) is 4.68. The van der Waals surface area contributed by atoms with Crippen LogP contribution in [-0.2, 0) is 23.7 Å². The lowest BCUT2D eigenvalue weighted by molar-refractivity contribution is -0.179. The normalized spacial score (nSPS) is 24.1. The van der Waals surface area contributed by atoms with Crippen molar-refractivity contribution in [1.29, 1.82) is 0 Å². The molecule has 0 aromatic carbocycles. The first kappa shape index (κ1) is 15.1. The minimum Gasteiger partial charge on any atom is -0.466 e. The van der Waals surface area contributed by atoms with E-state index in [1.54, 1.807) is 13.8 Å². The third-order valence-electron chi connectivity index (χ3n) is 3.53. The molecule has 1 spiro atoms. The van der Waals surface area contributed by atoms with Gasteiger partial charge in [-0.1, -0.05) is 0 Å². The summed E-state index contributed by atoms with van der Waals surface area (Å²) < 4.78 is 21.3. The molecular formula is C13H21NO6. The Bertz CT molecular complexity index is 366. The van der Waals surface area contributed by atoms with Crippen LogP contribution in [0.4, 0.5) is 4.79 Å². The Kier molecular flexibility index (Phi) is 4.82. The molecule has 2 aliphatic rings. The van der Waals surface area contributed by atoms with Crippen molar-refractivity contribution in [1.82, 2.24) is 4.90 Å². The van der Waals surface area contributed by atoms with E-state index in [1.165, 1.54) is 4.90 Å². The summed E-state index contributed by atoms with van der Waals surface area (Å²) >= 11 is 0. The van der Waals surface area contributed by atoms with Crippen LogP contribution in [0.15, 0.2) is 0 Å². The number of nitrogens with zero attached hydrogens (tertiary/aromatic N) is 1. The molecule has 1 amide bonds. The van der Waals surface area contributed by atoms with Gasteiger partial charge in [-0.15, -0.1) is 0 Å². The summed E-state index contributed by atoms with van der Waals surface area (Å²) in [6, 6.07) is -0.497. The zero-order chi connectivity index (χ0) is 14.6. The number of esters is 1. The van der Waals surface area contributed by atoms with E-state index in [-0.39, 0.29) is 19.0 Å². The van der Waals surface area contributed by atoms with Gasteiger partial charge < -0.3 is 18.9 Å². The summed E-state index contributed by atoms with van der Waals surface area (Å²) in [6.07, 6.45) is 0.139. The first-order chi connectivity index (χ1) is 9.63.